The lowest BCUT2D eigenvalue weighted by molar-refractivity contribution is -0.123. The normalized spacial score (nSPS) is 16.6. The molecule has 1 N–H and O–H groups in total. The molecule has 0 radical (unpaired) electrons. The maximum Gasteiger partial charge on any atom is 0.332 e. The van der Waals surface area contributed by atoms with E-state index in [1.807, 2.05) is 0 Å². The molecule has 0 aromatic carbocycles. The van der Waals surface area contributed by atoms with Crippen LogP contribution in [0.25, 0.3) is 11.2 Å². The van der Waals surface area contributed by atoms with Gasteiger partial charge >= 0.3 is 5.69 Å². The van der Waals surface area contributed by atoms with E-state index in [0.717, 1.165) is 17.4 Å². The molecule has 2 aromatic rings. The van der Waals surface area contributed by atoms with Crippen LogP contribution in [0.2, 0.25) is 0 Å². The monoisotopic (exact) mass is 330 g/mol. The van der Waals surface area contributed by atoms with Crippen molar-refractivity contribution in [3.8, 4) is 6.07 Å². The van der Waals surface area contributed by atoms with Crippen molar-refractivity contribution in [3.05, 3.63) is 27.2 Å². The molecular weight excluding hydrogens is 312 g/mol. The summed E-state index contributed by atoms with van der Waals surface area (Å²) < 4.78 is 3.63. The van der Waals surface area contributed by atoms with Gasteiger partial charge in [-0.25, -0.2) is 9.78 Å². The molecule has 0 aliphatic heterocycles. The highest BCUT2D eigenvalue weighted by atomic mass is 16.2. The Morgan fingerprint density at radius 3 is 2.67 bits per heavy atom. The number of aryl methyl sites for hydroxylation is 1. The van der Waals surface area contributed by atoms with Crippen molar-refractivity contribution >= 4 is 17.1 Å². The Balaban J connectivity index is 1.94. The first kappa shape index (κ1) is 16.0. The van der Waals surface area contributed by atoms with Crippen LogP contribution in [0.15, 0.2) is 15.9 Å². The maximum absolute atomic E-state index is 12.3. The number of hydrogen-bond acceptors (Lipinski definition) is 5. The Bertz CT molecular complexity index is 988. The van der Waals surface area contributed by atoms with E-state index in [1.165, 1.54) is 29.6 Å². The summed E-state index contributed by atoms with van der Waals surface area (Å²) in [6, 6.07) is 2.16. The molecule has 1 aliphatic carbocycles. The number of aromatic nitrogens is 4. The number of hydrogen-bond donors (Lipinski definition) is 1. The van der Waals surface area contributed by atoms with Crippen LogP contribution in [0.5, 0.6) is 0 Å². The van der Waals surface area contributed by atoms with Crippen LogP contribution in [0, 0.1) is 17.2 Å². The van der Waals surface area contributed by atoms with Crippen LogP contribution < -0.4 is 16.6 Å². The highest BCUT2D eigenvalue weighted by Crippen LogP contribution is 2.39. The minimum atomic E-state index is -0.898. The Morgan fingerprint density at radius 1 is 1.42 bits per heavy atom. The summed E-state index contributed by atoms with van der Waals surface area (Å²) in [4.78, 5) is 40.6. The first-order valence-electron chi connectivity index (χ1n) is 7.61. The molecule has 1 fully saturated rings. The van der Waals surface area contributed by atoms with Crippen molar-refractivity contribution in [3.63, 3.8) is 0 Å². The predicted molar refractivity (Wildman–Crippen MR) is 85.1 cm³/mol. The molecule has 2 heterocycles. The average molecular weight is 330 g/mol. The topological polar surface area (TPSA) is 115 Å². The highest BCUT2D eigenvalue weighted by molar-refractivity contribution is 5.80. The molecule has 0 bridgehead atoms. The van der Waals surface area contributed by atoms with E-state index >= 15 is 0 Å². The van der Waals surface area contributed by atoms with Crippen LogP contribution in [0.1, 0.15) is 19.8 Å². The number of nitrogens with zero attached hydrogens (tertiary/aromatic N) is 5. The van der Waals surface area contributed by atoms with Gasteiger partial charge in [0.15, 0.2) is 11.2 Å². The molecule has 9 nitrogen and oxygen atoms in total. The fraction of sp³-hybridized carbons (Fsp3) is 0.533. The zero-order valence-electron chi connectivity index (χ0n) is 13.7. The first-order valence-corrected chi connectivity index (χ1v) is 7.61. The highest BCUT2D eigenvalue weighted by Gasteiger charge is 2.43. The molecule has 1 saturated carbocycles. The second-order valence-electron chi connectivity index (χ2n) is 6.39. The molecule has 1 amide bonds. The minimum Gasteiger partial charge on any atom is -0.336 e. The second-order valence-corrected chi connectivity index (χ2v) is 6.39. The van der Waals surface area contributed by atoms with Crippen LogP contribution in [0.3, 0.4) is 0 Å². The third-order valence-corrected chi connectivity index (χ3v) is 4.56. The molecular formula is C15H18N6O3. The lowest BCUT2D eigenvalue weighted by Gasteiger charge is -2.22. The fourth-order valence-corrected chi connectivity index (χ4v) is 2.88. The van der Waals surface area contributed by atoms with Gasteiger partial charge in [0, 0.05) is 14.1 Å². The van der Waals surface area contributed by atoms with E-state index in [2.05, 4.69) is 16.4 Å². The van der Waals surface area contributed by atoms with Gasteiger partial charge in [-0.05, 0) is 25.7 Å². The van der Waals surface area contributed by atoms with E-state index < -0.39 is 16.8 Å². The Labute approximate surface area is 137 Å². The molecule has 9 heteroatoms. The molecule has 24 heavy (non-hydrogen) atoms. The van der Waals surface area contributed by atoms with E-state index in [4.69, 9.17) is 0 Å². The molecule has 126 valence electrons. The zero-order chi connectivity index (χ0) is 17.6. The van der Waals surface area contributed by atoms with E-state index in [-0.39, 0.29) is 29.5 Å². The lowest BCUT2D eigenvalue weighted by Crippen LogP contribution is -2.48. The van der Waals surface area contributed by atoms with Gasteiger partial charge in [0.1, 0.15) is 12.1 Å². The van der Waals surface area contributed by atoms with Crippen LogP contribution >= 0.6 is 0 Å². The van der Waals surface area contributed by atoms with Crippen molar-refractivity contribution in [1.29, 1.82) is 5.26 Å². The Kier molecular flexibility index (Phi) is 3.55. The molecule has 0 unspecified atom stereocenters. The van der Waals surface area contributed by atoms with Gasteiger partial charge in [-0.15, -0.1) is 0 Å². The van der Waals surface area contributed by atoms with Crippen molar-refractivity contribution in [2.75, 3.05) is 0 Å². The van der Waals surface area contributed by atoms with E-state index in [1.54, 1.807) is 6.92 Å². The van der Waals surface area contributed by atoms with Gasteiger partial charge < -0.3 is 9.88 Å². The van der Waals surface area contributed by atoms with E-state index in [0.29, 0.717) is 0 Å². The van der Waals surface area contributed by atoms with Crippen molar-refractivity contribution in [2.24, 2.45) is 20.0 Å². The predicted octanol–water partition coefficient (Wildman–Crippen LogP) is -0.758. The summed E-state index contributed by atoms with van der Waals surface area (Å²) in [7, 11) is 2.89. The number of carbonyl (C=O) groups is 1. The van der Waals surface area contributed by atoms with Crippen molar-refractivity contribution < 1.29 is 4.79 Å². The molecule has 1 atom stereocenters. The molecule has 2 aromatic heterocycles. The van der Waals surface area contributed by atoms with Gasteiger partial charge in [-0.3, -0.25) is 18.7 Å². The summed E-state index contributed by atoms with van der Waals surface area (Å²) in [5.74, 6) is -0.208. The average Bonchev–Trinajstić information content (AvgIpc) is 3.33. The summed E-state index contributed by atoms with van der Waals surface area (Å²) in [5.41, 5.74) is -1.48. The van der Waals surface area contributed by atoms with Crippen molar-refractivity contribution in [2.45, 2.75) is 31.8 Å². The molecule has 0 saturated heterocycles. The van der Waals surface area contributed by atoms with Crippen LogP contribution in [-0.2, 0) is 25.4 Å². The number of nitrogens with one attached hydrogen (secondary N) is 1. The summed E-state index contributed by atoms with van der Waals surface area (Å²) in [6.07, 6.45) is 3.19. The number of rotatable bonds is 4. The molecule has 0 spiro atoms. The van der Waals surface area contributed by atoms with Gasteiger partial charge in [-0.2, -0.15) is 5.26 Å². The first-order chi connectivity index (χ1) is 11.3. The van der Waals surface area contributed by atoms with Gasteiger partial charge in [0.25, 0.3) is 5.56 Å². The maximum atomic E-state index is 12.3. The third-order valence-electron chi connectivity index (χ3n) is 4.56. The number of nitriles is 1. The third kappa shape index (κ3) is 2.40. The second kappa shape index (κ2) is 5.33. The van der Waals surface area contributed by atoms with Gasteiger partial charge in [0.2, 0.25) is 5.91 Å². The smallest absolute Gasteiger partial charge is 0.332 e. The number of fused-ring (bicyclic) bond motifs is 1. The van der Waals surface area contributed by atoms with E-state index in [9.17, 15) is 19.6 Å². The number of imidazole rings is 1. The standard InChI is InChI=1S/C15H18N6O3/c1-15(7-16,9-4-5-9)18-10(22)6-21-8-17-12-11(21)13(23)20(3)14(24)19(12)2/h8-9H,4-6H2,1-3H3,(H,18,22)/t15-/m0/s1. The van der Waals surface area contributed by atoms with Gasteiger partial charge in [0.05, 0.1) is 12.4 Å². The quantitative estimate of drug-likeness (QED) is 0.791. The Hall–Kier alpha value is -2.89. The van der Waals surface area contributed by atoms with Crippen LogP contribution in [-0.4, -0.2) is 30.1 Å². The Morgan fingerprint density at radius 2 is 2.08 bits per heavy atom. The number of carbonyl (C=O) groups excluding carboxylic acids is 1. The molecule has 3 rings (SSSR count). The van der Waals surface area contributed by atoms with Gasteiger partial charge in [-0.1, -0.05) is 0 Å². The summed E-state index contributed by atoms with van der Waals surface area (Å²) >= 11 is 0. The SMILES string of the molecule is Cn1c(=O)c2c(ncn2CC(=O)N[C@@](C)(C#N)C2CC2)n(C)c1=O. The zero-order valence-corrected chi connectivity index (χ0v) is 13.7. The number of amides is 1. The van der Waals surface area contributed by atoms with Crippen LogP contribution in [0.4, 0.5) is 0 Å². The minimum absolute atomic E-state index is 0.145. The molecule has 1 aliphatic rings. The largest absolute Gasteiger partial charge is 0.336 e. The summed E-state index contributed by atoms with van der Waals surface area (Å²) in [6.45, 7) is 1.56. The van der Waals surface area contributed by atoms with Crippen molar-refractivity contribution in [1.82, 2.24) is 24.0 Å². The summed E-state index contributed by atoms with van der Waals surface area (Å²) in [5, 5.41) is 12.1. The lowest BCUT2D eigenvalue weighted by atomic mass is 9.98. The fourth-order valence-electron chi connectivity index (χ4n) is 2.88.